The Bertz CT molecular complexity index is 1100. The fraction of sp³-hybridized carbons (Fsp3) is 0.100. The van der Waals surface area contributed by atoms with E-state index in [1.54, 1.807) is 31.5 Å². The number of fused-ring (bicyclic) bond motifs is 3. The second-order valence-electron chi connectivity index (χ2n) is 5.94. The first-order valence-electron chi connectivity index (χ1n) is 7.90. The number of nitrogens with zero attached hydrogens (tertiary/aromatic N) is 1. The molecule has 4 rings (SSSR count). The van der Waals surface area contributed by atoms with Gasteiger partial charge in [-0.05, 0) is 42.0 Å². The highest BCUT2D eigenvalue weighted by atomic mass is 16.5. The van der Waals surface area contributed by atoms with E-state index in [0.29, 0.717) is 6.42 Å². The topological polar surface area (TPSA) is 75.2 Å². The summed E-state index contributed by atoms with van der Waals surface area (Å²) < 4.78 is 5.26. The third kappa shape index (κ3) is 2.80. The van der Waals surface area contributed by atoms with Crippen LogP contribution in [0.1, 0.15) is 21.6 Å². The molecule has 0 aliphatic rings. The van der Waals surface area contributed by atoms with Gasteiger partial charge in [0.2, 0.25) is 0 Å². The maximum atomic E-state index is 11.2. The standard InChI is InChI=1S/C20H16N2O3/c1-25-15-4-2-3-12(8-15)7-14-10-17-16-9-13(20(23)24)5-6-18(16)22-19(17)11-21-14/h2-6,8-11,22H,7H2,1H3,(H,23,24). The smallest absolute Gasteiger partial charge is 0.335 e. The van der Waals surface area contributed by atoms with Gasteiger partial charge in [-0.3, -0.25) is 4.98 Å². The van der Waals surface area contributed by atoms with Gasteiger partial charge in [0.1, 0.15) is 5.75 Å². The molecule has 0 aliphatic carbocycles. The molecule has 4 aromatic rings. The Morgan fingerprint density at radius 1 is 1.12 bits per heavy atom. The van der Waals surface area contributed by atoms with Crippen LogP contribution in [0, 0.1) is 0 Å². The van der Waals surface area contributed by atoms with E-state index < -0.39 is 5.97 Å². The molecule has 25 heavy (non-hydrogen) atoms. The Balaban J connectivity index is 1.79. The van der Waals surface area contributed by atoms with E-state index in [1.165, 1.54) is 0 Å². The number of hydrogen-bond acceptors (Lipinski definition) is 3. The summed E-state index contributed by atoms with van der Waals surface area (Å²) in [4.78, 5) is 19.0. The van der Waals surface area contributed by atoms with Gasteiger partial charge < -0.3 is 14.8 Å². The molecular formula is C20H16N2O3. The van der Waals surface area contributed by atoms with Crippen molar-refractivity contribution in [3.63, 3.8) is 0 Å². The zero-order chi connectivity index (χ0) is 17.4. The number of pyridine rings is 1. The van der Waals surface area contributed by atoms with Crippen LogP contribution in [0.5, 0.6) is 5.75 Å². The number of aromatic nitrogens is 2. The lowest BCUT2D eigenvalue weighted by atomic mass is 10.1. The molecule has 0 fully saturated rings. The molecule has 0 atom stereocenters. The van der Waals surface area contributed by atoms with Crippen molar-refractivity contribution in [1.29, 1.82) is 0 Å². The second-order valence-corrected chi connectivity index (χ2v) is 5.94. The molecular weight excluding hydrogens is 316 g/mol. The number of hydrogen-bond donors (Lipinski definition) is 2. The second kappa shape index (κ2) is 5.94. The van der Waals surface area contributed by atoms with Crippen molar-refractivity contribution in [3.8, 4) is 5.75 Å². The minimum Gasteiger partial charge on any atom is -0.497 e. The van der Waals surface area contributed by atoms with Crippen LogP contribution in [-0.2, 0) is 6.42 Å². The summed E-state index contributed by atoms with van der Waals surface area (Å²) in [7, 11) is 1.65. The summed E-state index contributed by atoms with van der Waals surface area (Å²) in [6.45, 7) is 0. The minimum absolute atomic E-state index is 0.277. The van der Waals surface area contributed by atoms with Crippen LogP contribution in [0.3, 0.4) is 0 Å². The van der Waals surface area contributed by atoms with Crippen LogP contribution in [0.2, 0.25) is 0 Å². The van der Waals surface area contributed by atoms with E-state index in [1.807, 2.05) is 30.3 Å². The van der Waals surface area contributed by atoms with Crippen LogP contribution in [0.15, 0.2) is 54.7 Å². The largest absolute Gasteiger partial charge is 0.497 e. The molecule has 0 aliphatic heterocycles. The number of carbonyl (C=O) groups is 1. The Morgan fingerprint density at radius 3 is 2.76 bits per heavy atom. The predicted molar refractivity (Wildman–Crippen MR) is 96.4 cm³/mol. The molecule has 0 amide bonds. The lowest BCUT2D eigenvalue weighted by molar-refractivity contribution is 0.0697. The summed E-state index contributed by atoms with van der Waals surface area (Å²) in [5, 5.41) is 11.1. The van der Waals surface area contributed by atoms with E-state index in [2.05, 4.69) is 9.97 Å². The molecule has 0 unspecified atom stereocenters. The Kier molecular flexibility index (Phi) is 3.61. The lowest BCUT2D eigenvalue weighted by Gasteiger charge is -2.04. The first kappa shape index (κ1) is 15.2. The number of ether oxygens (including phenoxy) is 1. The zero-order valence-corrected chi connectivity index (χ0v) is 13.6. The third-order valence-electron chi connectivity index (χ3n) is 4.31. The van der Waals surface area contributed by atoms with E-state index in [0.717, 1.165) is 38.8 Å². The Morgan fingerprint density at radius 2 is 1.96 bits per heavy atom. The minimum atomic E-state index is -0.929. The van der Waals surface area contributed by atoms with Crippen LogP contribution < -0.4 is 4.74 Å². The number of aromatic amines is 1. The van der Waals surface area contributed by atoms with Gasteiger partial charge in [0, 0.05) is 28.4 Å². The number of aromatic carboxylic acids is 1. The number of methoxy groups -OCH3 is 1. The van der Waals surface area contributed by atoms with Gasteiger partial charge in [0.15, 0.2) is 0 Å². The van der Waals surface area contributed by atoms with Crippen LogP contribution >= 0.6 is 0 Å². The Hall–Kier alpha value is -3.34. The fourth-order valence-corrected chi connectivity index (χ4v) is 3.06. The summed E-state index contributed by atoms with van der Waals surface area (Å²) in [6.07, 6.45) is 2.48. The number of rotatable bonds is 4. The van der Waals surface area contributed by atoms with Crippen molar-refractivity contribution in [2.45, 2.75) is 6.42 Å². The van der Waals surface area contributed by atoms with Gasteiger partial charge in [-0.1, -0.05) is 12.1 Å². The Labute approximate surface area is 143 Å². The van der Waals surface area contributed by atoms with Crippen molar-refractivity contribution in [1.82, 2.24) is 9.97 Å². The maximum Gasteiger partial charge on any atom is 0.335 e. The molecule has 2 aromatic carbocycles. The van der Waals surface area contributed by atoms with Crippen molar-refractivity contribution >= 4 is 27.8 Å². The number of nitrogens with one attached hydrogen (secondary N) is 1. The zero-order valence-electron chi connectivity index (χ0n) is 13.6. The lowest BCUT2D eigenvalue weighted by Crippen LogP contribution is -1.95. The van der Waals surface area contributed by atoms with Gasteiger partial charge in [0.25, 0.3) is 0 Å². The van der Waals surface area contributed by atoms with Gasteiger partial charge >= 0.3 is 5.97 Å². The van der Waals surface area contributed by atoms with Crippen molar-refractivity contribution in [2.24, 2.45) is 0 Å². The SMILES string of the molecule is COc1cccc(Cc2cc3c(cn2)[nH]c2ccc(C(=O)O)cc23)c1. The van der Waals surface area contributed by atoms with Crippen LogP contribution in [-0.4, -0.2) is 28.2 Å². The number of carboxylic acid groups (broad SMARTS) is 1. The molecule has 2 N–H and O–H groups in total. The van der Waals surface area contributed by atoms with Gasteiger partial charge in [-0.2, -0.15) is 0 Å². The number of benzene rings is 2. The molecule has 2 aromatic heterocycles. The molecule has 0 bridgehead atoms. The predicted octanol–water partition coefficient (Wildman–Crippen LogP) is 4.01. The van der Waals surface area contributed by atoms with Crippen molar-refractivity contribution in [3.05, 3.63) is 71.5 Å². The van der Waals surface area contributed by atoms with Gasteiger partial charge in [0.05, 0.1) is 24.4 Å². The van der Waals surface area contributed by atoms with Gasteiger partial charge in [-0.25, -0.2) is 4.79 Å². The maximum absolute atomic E-state index is 11.2. The first-order chi connectivity index (χ1) is 12.1. The quantitative estimate of drug-likeness (QED) is 0.592. The molecule has 5 heteroatoms. The van der Waals surface area contributed by atoms with Crippen molar-refractivity contribution < 1.29 is 14.6 Å². The van der Waals surface area contributed by atoms with Crippen LogP contribution in [0.4, 0.5) is 0 Å². The highest BCUT2D eigenvalue weighted by molar-refractivity contribution is 6.09. The molecule has 0 radical (unpaired) electrons. The average Bonchev–Trinajstić information content (AvgIpc) is 2.99. The third-order valence-corrected chi connectivity index (χ3v) is 4.31. The first-order valence-corrected chi connectivity index (χ1v) is 7.90. The number of carboxylic acids is 1. The van der Waals surface area contributed by atoms with E-state index >= 15 is 0 Å². The molecule has 0 saturated heterocycles. The van der Waals surface area contributed by atoms with Gasteiger partial charge in [-0.15, -0.1) is 0 Å². The summed E-state index contributed by atoms with van der Waals surface area (Å²) in [5.41, 5.74) is 4.10. The fourth-order valence-electron chi connectivity index (χ4n) is 3.06. The molecule has 124 valence electrons. The summed E-state index contributed by atoms with van der Waals surface area (Å²) in [5.74, 6) is -0.112. The molecule has 0 saturated carbocycles. The summed E-state index contributed by atoms with van der Waals surface area (Å²) >= 11 is 0. The van der Waals surface area contributed by atoms with Crippen molar-refractivity contribution in [2.75, 3.05) is 7.11 Å². The van der Waals surface area contributed by atoms with E-state index in [4.69, 9.17) is 4.74 Å². The highest BCUT2D eigenvalue weighted by Crippen LogP contribution is 2.27. The van der Waals surface area contributed by atoms with E-state index in [9.17, 15) is 9.90 Å². The molecule has 2 heterocycles. The summed E-state index contributed by atoms with van der Waals surface area (Å²) in [6, 6.07) is 15.0. The van der Waals surface area contributed by atoms with Crippen LogP contribution in [0.25, 0.3) is 21.8 Å². The number of H-pyrrole nitrogens is 1. The average molecular weight is 332 g/mol. The normalized spacial score (nSPS) is 11.1. The monoisotopic (exact) mass is 332 g/mol. The van der Waals surface area contributed by atoms with E-state index in [-0.39, 0.29) is 5.56 Å². The highest BCUT2D eigenvalue weighted by Gasteiger charge is 2.10. The molecule has 0 spiro atoms. The molecule has 5 nitrogen and oxygen atoms in total.